The maximum atomic E-state index is 12.9. The molecule has 1 fully saturated rings. The Morgan fingerprint density at radius 2 is 1.88 bits per heavy atom. The Bertz CT molecular complexity index is 718. The molecule has 1 aromatic carbocycles. The van der Waals surface area contributed by atoms with E-state index in [9.17, 15) is 14.4 Å². The molecule has 0 bridgehead atoms. The first-order valence-corrected chi connectivity index (χ1v) is 8.83. The van der Waals surface area contributed by atoms with Gasteiger partial charge in [-0.15, -0.1) is 6.42 Å². The van der Waals surface area contributed by atoms with Gasteiger partial charge in [-0.2, -0.15) is 0 Å². The van der Waals surface area contributed by atoms with Gasteiger partial charge in [0.1, 0.15) is 11.2 Å². The van der Waals surface area contributed by atoms with Gasteiger partial charge in [-0.3, -0.25) is 4.79 Å². The third-order valence-corrected chi connectivity index (χ3v) is 4.99. The van der Waals surface area contributed by atoms with E-state index in [-0.39, 0.29) is 25.2 Å². The van der Waals surface area contributed by atoms with E-state index in [1.807, 2.05) is 0 Å². The monoisotopic (exact) mass is 356 g/mol. The van der Waals surface area contributed by atoms with Gasteiger partial charge >= 0.3 is 11.9 Å². The number of terminal acetylenes is 1. The van der Waals surface area contributed by atoms with Crippen LogP contribution in [0.3, 0.4) is 0 Å². The number of hydrogen-bond acceptors (Lipinski definition) is 5. The van der Waals surface area contributed by atoms with Crippen LogP contribution in [0.25, 0.3) is 0 Å². The van der Waals surface area contributed by atoms with Crippen molar-refractivity contribution < 1.29 is 23.9 Å². The first-order chi connectivity index (χ1) is 12.4. The summed E-state index contributed by atoms with van der Waals surface area (Å²) in [6, 6.07) is 8.50. The van der Waals surface area contributed by atoms with Gasteiger partial charge < -0.3 is 14.3 Å². The quantitative estimate of drug-likeness (QED) is 0.554. The summed E-state index contributed by atoms with van der Waals surface area (Å²) < 4.78 is 11.0. The van der Waals surface area contributed by atoms with Crippen molar-refractivity contribution in [2.24, 2.45) is 5.41 Å². The average molecular weight is 356 g/mol. The molecule has 1 saturated carbocycles. The molecule has 1 aliphatic rings. The Morgan fingerprint density at radius 3 is 2.46 bits per heavy atom. The molecule has 5 heteroatoms. The van der Waals surface area contributed by atoms with Gasteiger partial charge in [-0.05, 0) is 51.7 Å². The Kier molecular flexibility index (Phi) is 6.20. The van der Waals surface area contributed by atoms with Crippen LogP contribution in [-0.4, -0.2) is 29.9 Å². The molecule has 0 radical (unpaired) electrons. The van der Waals surface area contributed by atoms with Gasteiger partial charge in [-0.1, -0.05) is 24.1 Å². The van der Waals surface area contributed by atoms with Crippen molar-refractivity contribution in [1.82, 2.24) is 0 Å². The third kappa shape index (κ3) is 3.65. The van der Waals surface area contributed by atoms with Crippen LogP contribution in [0.15, 0.2) is 30.3 Å². The molecule has 138 valence electrons. The van der Waals surface area contributed by atoms with E-state index < -0.39 is 23.0 Å². The van der Waals surface area contributed by atoms with Crippen LogP contribution in [0.1, 0.15) is 56.3 Å². The zero-order valence-electron chi connectivity index (χ0n) is 15.2. The third-order valence-electron chi connectivity index (χ3n) is 4.99. The fourth-order valence-corrected chi connectivity index (χ4v) is 3.61. The number of hydrogen-bond donors (Lipinski definition) is 0. The SMILES string of the molecule is C#CC1(OC(=O)c2ccccc2)CCCC1(CCC(C)=O)C(=O)OCC. The highest BCUT2D eigenvalue weighted by atomic mass is 16.6. The van der Waals surface area contributed by atoms with E-state index in [1.165, 1.54) is 6.92 Å². The smallest absolute Gasteiger partial charge is 0.339 e. The summed E-state index contributed by atoms with van der Waals surface area (Å²) in [6.07, 6.45) is 7.56. The lowest BCUT2D eigenvalue weighted by Gasteiger charge is -2.39. The molecular weight excluding hydrogens is 332 g/mol. The molecular formula is C21H24O5. The lowest BCUT2D eigenvalue weighted by Crippen LogP contribution is -2.52. The maximum absolute atomic E-state index is 12.9. The minimum absolute atomic E-state index is 0.0547. The molecule has 5 nitrogen and oxygen atoms in total. The van der Waals surface area contributed by atoms with Crippen LogP contribution in [0, 0.1) is 17.8 Å². The largest absolute Gasteiger partial charge is 0.465 e. The highest BCUT2D eigenvalue weighted by Crippen LogP contribution is 2.53. The van der Waals surface area contributed by atoms with Crippen molar-refractivity contribution >= 4 is 17.7 Å². The second kappa shape index (κ2) is 8.18. The Labute approximate surface area is 154 Å². The zero-order chi connectivity index (χ0) is 19.2. The minimum Gasteiger partial charge on any atom is -0.465 e. The predicted octanol–water partition coefficient (Wildman–Crippen LogP) is 3.32. The molecule has 0 spiro atoms. The first kappa shape index (κ1) is 19.7. The van der Waals surface area contributed by atoms with Crippen molar-refractivity contribution in [2.45, 2.75) is 51.6 Å². The second-order valence-electron chi connectivity index (χ2n) is 6.59. The van der Waals surface area contributed by atoms with Crippen molar-refractivity contribution in [1.29, 1.82) is 0 Å². The molecule has 2 rings (SSSR count). The molecule has 0 saturated heterocycles. The fourth-order valence-electron chi connectivity index (χ4n) is 3.61. The van der Waals surface area contributed by atoms with Crippen LogP contribution < -0.4 is 0 Å². The standard InChI is InChI=1S/C21H24O5/c1-4-21(26-18(23)17-10-7-6-8-11-17)14-9-13-20(21,15-12-16(3)22)19(24)25-5-2/h1,6-8,10-11H,5,9,12-15H2,2-3H3. The van der Waals surface area contributed by atoms with Crippen LogP contribution in [0.5, 0.6) is 0 Å². The van der Waals surface area contributed by atoms with E-state index in [0.29, 0.717) is 24.8 Å². The van der Waals surface area contributed by atoms with Gasteiger partial charge in [0.25, 0.3) is 0 Å². The number of ether oxygens (including phenoxy) is 2. The highest BCUT2D eigenvalue weighted by Gasteiger charge is 2.62. The average Bonchev–Trinajstić information content (AvgIpc) is 3.00. The molecule has 0 N–H and O–H groups in total. The molecule has 1 aliphatic carbocycles. The maximum Gasteiger partial charge on any atom is 0.339 e. The molecule has 1 aromatic rings. The normalized spacial score (nSPS) is 24.5. The van der Waals surface area contributed by atoms with Crippen molar-refractivity contribution in [3.05, 3.63) is 35.9 Å². The molecule has 0 aliphatic heterocycles. The number of rotatable bonds is 7. The Balaban J connectivity index is 2.41. The zero-order valence-corrected chi connectivity index (χ0v) is 15.2. The summed E-state index contributed by atoms with van der Waals surface area (Å²) >= 11 is 0. The Hall–Kier alpha value is -2.61. The second-order valence-corrected chi connectivity index (χ2v) is 6.59. The minimum atomic E-state index is -1.42. The number of ketones is 1. The van der Waals surface area contributed by atoms with Crippen molar-refractivity contribution in [3.63, 3.8) is 0 Å². The van der Waals surface area contributed by atoms with E-state index in [2.05, 4.69) is 5.92 Å². The predicted molar refractivity (Wildman–Crippen MR) is 96.3 cm³/mol. The molecule has 0 aromatic heterocycles. The Morgan fingerprint density at radius 1 is 1.19 bits per heavy atom. The topological polar surface area (TPSA) is 69.7 Å². The summed E-state index contributed by atoms with van der Waals surface area (Å²) in [5.74, 6) is 1.44. The number of benzene rings is 1. The first-order valence-electron chi connectivity index (χ1n) is 8.83. The fraction of sp³-hybridized carbons (Fsp3) is 0.476. The van der Waals surface area contributed by atoms with Crippen molar-refractivity contribution in [2.75, 3.05) is 6.61 Å². The number of carbonyl (C=O) groups is 3. The van der Waals surface area contributed by atoms with Crippen molar-refractivity contribution in [3.8, 4) is 12.3 Å². The van der Waals surface area contributed by atoms with Crippen LogP contribution in [-0.2, 0) is 19.1 Å². The molecule has 2 unspecified atom stereocenters. The summed E-state index contributed by atoms with van der Waals surface area (Å²) in [4.78, 5) is 37.0. The van der Waals surface area contributed by atoms with E-state index >= 15 is 0 Å². The lowest BCUT2D eigenvalue weighted by atomic mass is 9.70. The summed E-state index contributed by atoms with van der Waals surface area (Å²) in [5, 5.41) is 0. The van der Waals surface area contributed by atoms with Gasteiger partial charge in [0.15, 0.2) is 5.60 Å². The number of Topliss-reactive ketones (excluding diaryl/α,β-unsaturated/α-hetero) is 1. The van der Waals surface area contributed by atoms with Gasteiger partial charge in [-0.25, -0.2) is 4.79 Å². The molecule has 26 heavy (non-hydrogen) atoms. The van der Waals surface area contributed by atoms with E-state index in [0.717, 1.165) is 0 Å². The van der Waals surface area contributed by atoms with Gasteiger partial charge in [0, 0.05) is 6.42 Å². The highest BCUT2D eigenvalue weighted by molar-refractivity contribution is 5.91. The molecule has 0 amide bonds. The van der Waals surface area contributed by atoms with E-state index in [4.69, 9.17) is 15.9 Å². The summed E-state index contributed by atoms with van der Waals surface area (Å²) in [6.45, 7) is 3.36. The summed E-state index contributed by atoms with van der Waals surface area (Å²) in [7, 11) is 0. The molecule has 2 atom stereocenters. The summed E-state index contributed by atoms with van der Waals surface area (Å²) in [5.41, 5.74) is -2.26. The lowest BCUT2D eigenvalue weighted by molar-refractivity contribution is -0.167. The van der Waals surface area contributed by atoms with Crippen LogP contribution in [0.2, 0.25) is 0 Å². The number of carbonyl (C=O) groups excluding carboxylic acids is 3. The van der Waals surface area contributed by atoms with Gasteiger partial charge in [0.2, 0.25) is 0 Å². The van der Waals surface area contributed by atoms with Gasteiger partial charge in [0.05, 0.1) is 12.2 Å². The molecule has 0 heterocycles. The number of esters is 2. The van der Waals surface area contributed by atoms with Crippen LogP contribution in [0.4, 0.5) is 0 Å². The van der Waals surface area contributed by atoms with Crippen LogP contribution >= 0.6 is 0 Å². The van der Waals surface area contributed by atoms with E-state index in [1.54, 1.807) is 37.3 Å².